The Hall–Kier alpha value is -1.43. The fraction of sp³-hybridized carbons (Fsp3) is 0.333. The summed E-state index contributed by atoms with van der Waals surface area (Å²) in [6, 6.07) is 7.61. The molecule has 0 unspecified atom stereocenters. The van der Waals surface area contributed by atoms with Crippen molar-refractivity contribution in [1.82, 2.24) is 9.88 Å². The van der Waals surface area contributed by atoms with Gasteiger partial charge in [0.2, 0.25) is 5.91 Å². The topological polar surface area (TPSA) is 42.4 Å². The van der Waals surface area contributed by atoms with Gasteiger partial charge in [-0.05, 0) is 6.07 Å². The van der Waals surface area contributed by atoms with Crippen molar-refractivity contribution in [3.8, 4) is 10.6 Å². The van der Waals surface area contributed by atoms with Crippen LogP contribution in [0.5, 0.6) is 0 Å². The third kappa shape index (κ3) is 3.43. The molecule has 110 valence electrons. The van der Waals surface area contributed by atoms with E-state index in [1.165, 1.54) is 11.3 Å². The summed E-state index contributed by atoms with van der Waals surface area (Å²) < 4.78 is 5.25. The molecule has 4 nitrogen and oxygen atoms in total. The molecule has 2 heterocycles. The van der Waals surface area contributed by atoms with Gasteiger partial charge in [-0.25, -0.2) is 4.98 Å². The van der Waals surface area contributed by atoms with E-state index in [9.17, 15) is 4.79 Å². The van der Waals surface area contributed by atoms with Crippen molar-refractivity contribution in [2.75, 3.05) is 26.3 Å². The van der Waals surface area contributed by atoms with Crippen LogP contribution in [0.2, 0.25) is 5.02 Å². The van der Waals surface area contributed by atoms with Crippen LogP contribution in [-0.2, 0) is 16.0 Å². The van der Waals surface area contributed by atoms with E-state index in [1.807, 2.05) is 34.5 Å². The normalized spacial score (nSPS) is 15.2. The minimum Gasteiger partial charge on any atom is -0.378 e. The first kappa shape index (κ1) is 14.5. The zero-order chi connectivity index (χ0) is 14.7. The maximum absolute atomic E-state index is 12.2. The van der Waals surface area contributed by atoms with Crippen molar-refractivity contribution in [2.45, 2.75) is 6.42 Å². The first-order valence-electron chi connectivity index (χ1n) is 6.79. The Morgan fingerprint density at radius 1 is 1.33 bits per heavy atom. The Balaban J connectivity index is 1.70. The predicted octanol–water partition coefficient (Wildman–Crippen LogP) is 2.86. The van der Waals surface area contributed by atoms with Crippen molar-refractivity contribution >= 4 is 28.8 Å². The quantitative estimate of drug-likeness (QED) is 0.872. The van der Waals surface area contributed by atoms with E-state index < -0.39 is 0 Å². The van der Waals surface area contributed by atoms with E-state index >= 15 is 0 Å². The molecule has 0 saturated carbocycles. The maximum Gasteiger partial charge on any atom is 0.228 e. The van der Waals surface area contributed by atoms with E-state index in [1.54, 1.807) is 0 Å². The van der Waals surface area contributed by atoms with Crippen LogP contribution >= 0.6 is 22.9 Å². The van der Waals surface area contributed by atoms with Gasteiger partial charge >= 0.3 is 0 Å². The van der Waals surface area contributed by atoms with Gasteiger partial charge in [-0.1, -0.05) is 29.8 Å². The van der Waals surface area contributed by atoms with E-state index in [0.717, 1.165) is 16.3 Å². The molecule has 0 atom stereocenters. The van der Waals surface area contributed by atoms with Crippen LogP contribution in [0.15, 0.2) is 29.6 Å². The molecule has 0 spiro atoms. The molecule has 2 aromatic rings. The van der Waals surface area contributed by atoms with Gasteiger partial charge in [0, 0.05) is 24.0 Å². The third-order valence-electron chi connectivity index (χ3n) is 3.35. The van der Waals surface area contributed by atoms with Crippen LogP contribution in [0.25, 0.3) is 10.6 Å². The van der Waals surface area contributed by atoms with Crippen LogP contribution in [0.3, 0.4) is 0 Å². The van der Waals surface area contributed by atoms with Gasteiger partial charge in [0.25, 0.3) is 0 Å². The van der Waals surface area contributed by atoms with Crippen LogP contribution in [-0.4, -0.2) is 42.1 Å². The van der Waals surface area contributed by atoms with Gasteiger partial charge < -0.3 is 9.64 Å². The highest BCUT2D eigenvalue weighted by Crippen LogP contribution is 2.30. The van der Waals surface area contributed by atoms with E-state index in [4.69, 9.17) is 16.3 Å². The molecule has 1 aliphatic heterocycles. The summed E-state index contributed by atoms with van der Waals surface area (Å²) >= 11 is 7.69. The van der Waals surface area contributed by atoms with Gasteiger partial charge in [0.15, 0.2) is 0 Å². The highest BCUT2D eigenvalue weighted by molar-refractivity contribution is 7.13. The monoisotopic (exact) mass is 322 g/mol. The molecule has 6 heteroatoms. The minimum atomic E-state index is 0.106. The number of thiazole rings is 1. The lowest BCUT2D eigenvalue weighted by molar-refractivity contribution is -0.134. The number of morpholine rings is 1. The largest absolute Gasteiger partial charge is 0.378 e. The highest BCUT2D eigenvalue weighted by atomic mass is 35.5. The van der Waals surface area contributed by atoms with Gasteiger partial charge in [-0.2, -0.15) is 0 Å². The number of carbonyl (C=O) groups is 1. The number of rotatable bonds is 3. The molecule has 0 N–H and O–H groups in total. The molecule has 1 aromatic carbocycles. The average molecular weight is 323 g/mol. The predicted molar refractivity (Wildman–Crippen MR) is 83.7 cm³/mol. The van der Waals surface area contributed by atoms with E-state index in [-0.39, 0.29) is 5.91 Å². The first-order valence-corrected chi connectivity index (χ1v) is 8.04. The minimum absolute atomic E-state index is 0.106. The highest BCUT2D eigenvalue weighted by Gasteiger charge is 2.18. The summed E-state index contributed by atoms with van der Waals surface area (Å²) in [5.41, 5.74) is 1.71. The molecule has 0 bridgehead atoms. The Labute approximate surface area is 132 Å². The number of nitrogens with zero attached hydrogens (tertiary/aromatic N) is 2. The smallest absolute Gasteiger partial charge is 0.228 e. The van der Waals surface area contributed by atoms with Crippen LogP contribution < -0.4 is 0 Å². The molecule has 21 heavy (non-hydrogen) atoms. The van der Waals surface area contributed by atoms with E-state index in [2.05, 4.69) is 4.98 Å². The Kier molecular flexibility index (Phi) is 4.53. The number of aromatic nitrogens is 1. The zero-order valence-electron chi connectivity index (χ0n) is 11.4. The Bertz CT molecular complexity index is 638. The molecule has 0 radical (unpaired) electrons. The lowest BCUT2D eigenvalue weighted by Crippen LogP contribution is -2.41. The molecular formula is C15H15ClN2O2S. The number of hydrogen-bond acceptors (Lipinski definition) is 4. The van der Waals surface area contributed by atoms with Gasteiger partial charge in [0.1, 0.15) is 5.01 Å². The van der Waals surface area contributed by atoms with Crippen molar-refractivity contribution < 1.29 is 9.53 Å². The SMILES string of the molecule is O=C(Cc1csc(-c2ccccc2Cl)n1)N1CCOCC1. The number of benzene rings is 1. The first-order chi connectivity index (χ1) is 10.2. The standard InChI is InChI=1S/C15H15ClN2O2S/c16-13-4-2-1-3-12(13)15-17-11(10-21-15)9-14(19)18-5-7-20-8-6-18/h1-4,10H,5-9H2. The van der Waals surface area contributed by atoms with Gasteiger partial charge in [-0.15, -0.1) is 11.3 Å². The van der Waals surface area contributed by atoms with Gasteiger partial charge in [-0.3, -0.25) is 4.79 Å². The Morgan fingerprint density at radius 2 is 2.10 bits per heavy atom. The van der Waals surface area contributed by atoms with Crippen LogP contribution in [0.1, 0.15) is 5.69 Å². The molecule has 3 rings (SSSR count). The van der Waals surface area contributed by atoms with Crippen LogP contribution in [0, 0.1) is 0 Å². The molecule has 0 aliphatic carbocycles. The summed E-state index contributed by atoms with van der Waals surface area (Å²) in [6.07, 6.45) is 0.334. The van der Waals surface area contributed by atoms with Crippen molar-refractivity contribution in [1.29, 1.82) is 0 Å². The summed E-state index contributed by atoms with van der Waals surface area (Å²) in [4.78, 5) is 18.6. The second-order valence-corrected chi connectivity index (χ2v) is 6.06. The second kappa shape index (κ2) is 6.56. The fourth-order valence-corrected chi connectivity index (χ4v) is 3.37. The zero-order valence-corrected chi connectivity index (χ0v) is 13.0. The second-order valence-electron chi connectivity index (χ2n) is 4.79. The number of halogens is 1. The van der Waals surface area contributed by atoms with E-state index in [0.29, 0.717) is 37.7 Å². The number of amides is 1. The molecule has 1 saturated heterocycles. The van der Waals surface area contributed by atoms with Crippen molar-refractivity contribution in [3.05, 3.63) is 40.4 Å². The number of ether oxygens (including phenoxy) is 1. The summed E-state index contributed by atoms with van der Waals surface area (Å²) in [5, 5.41) is 3.46. The average Bonchev–Trinajstić information content (AvgIpc) is 2.97. The lowest BCUT2D eigenvalue weighted by Gasteiger charge is -2.26. The molecule has 1 fully saturated rings. The van der Waals surface area contributed by atoms with Crippen LogP contribution in [0.4, 0.5) is 0 Å². The van der Waals surface area contributed by atoms with Crippen molar-refractivity contribution in [3.63, 3.8) is 0 Å². The summed E-state index contributed by atoms with van der Waals surface area (Å²) in [5.74, 6) is 0.106. The fourth-order valence-electron chi connectivity index (χ4n) is 2.23. The molecule has 1 aromatic heterocycles. The number of carbonyl (C=O) groups excluding carboxylic acids is 1. The third-order valence-corrected chi connectivity index (χ3v) is 4.61. The molecule has 1 amide bonds. The lowest BCUT2D eigenvalue weighted by atomic mass is 10.2. The molecular weight excluding hydrogens is 308 g/mol. The summed E-state index contributed by atoms with van der Waals surface area (Å²) in [7, 11) is 0. The Morgan fingerprint density at radius 3 is 2.86 bits per heavy atom. The molecule has 1 aliphatic rings. The number of hydrogen-bond donors (Lipinski definition) is 0. The van der Waals surface area contributed by atoms with Gasteiger partial charge in [0.05, 0.1) is 30.4 Å². The van der Waals surface area contributed by atoms with Crippen molar-refractivity contribution in [2.24, 2.45) is 0 Å². The maximum atomic E-state index is 12.2. The summed E-state index contributed by atoms with van der Waals surface area (Å²) in [6.45, 7) is 2.57.